The summed E-state index contributed by atoms with van der Waals surface area (Å²) in [6.07, 6.45) is 4.37. The van der Waals surface area contributed by atoms with Crippen molar-refractivity contribution in [3.05, 3.63) is 65.5 Å². The van der Waals surface area contributed by atoms with E-state index < -0.39 is 0 Å². The van der Waals surface area contributed by atoms with Crippen LogP contribution in [-0.4, -0.2) is 70.1 Å². The minimum absolute atomic E-state index is 0.0860. The molecular formula is C26H30N6O4. The number of aromatic hydroxyl groups is 1. The molecule has 2 heterocycles. The fraction of sp³-hybridized carbons (Fsp3) is 0.308. The van der Waals surface area contributed by atoms with Crippen LogP contribution in [-0.2, 0) is 17.9 Å². The number of hydrogen-bond acceptors (Lipinski definition) is 8. The maximum Gasteiger partial charge on any atom is 0.253 e. The van der Waals surface area contributed by atoms with Gasteiger partial charge in [-0.25, -0.2) is 9.97 Å². The molecule has 0 bridgehead atoms. The van der Waals surface area contributed by atoms with Crippen LogP contribution in [0.1, 0.15) is 28.4 Å². The van der Waals surface area contributed by atoms with E-state index in [9.17, 15) is 19.8 Å². The molecule has 1 fully saturated rings. The molecule has 4 rings (SSSR count). The highest BCUT2D eigenvalue weighted by atomic mass is 16.3. The molecular weight excluding hydrogens is 460 g/mol. The molecule has 10 nitrogen and oxygen atoms in total. The van der Waals surface area contributed by atoms with Crippen LogP contribution in [0.25, 0.3) is 11.1 Å². The second-order valence-corrected chi connectivity index (χ2v) is 8.72. The van der Waals surface area contributed by atoms with Crippen molar-refractivity contribution < 1.29 is 19.8 Å². The van der Waals surface area contributed by atoms with Gasteiger partial charge in [0.1, 0.15) is 5.75 Å². The zero-order valence-electron chi connectivity index (χ0n) is 20.3. The van der Waals surface area contributed by atoms with Crippen molar-refractivity contribution in [2.75, 3.05) is 36.9 Å². The van der Waals surface area contributed by atoms with E-state index >= 15 is 0 Å². The van der Waals surface area contributed by atoms with Gasteiger partial charge in [-0.2, -0.15) is 0 Å². The molecule has 4 N–H and O–H groups in total. The Morgan fingerprint density at radius 2 is 1.92 bits per heavy atom. The molecule has 0 saturated carbocycles. The lowest BCUT2D eigenvalue weighted by atomic mass is 10.0. The number of piperazine rings is 1. The van der Waals surface area contributed by atoms with E-state index in [0.29, 0.717) is 48.0 Å². The van der Waals surface area contributed by atoms with E-state index in [4.69, 9.17) is 0 Å². The van der Waals surface area contributed by atoms with Crippen molar-refractivity contribution >= 4 is 24.0 Å². The first-order chi connectivity index (χ1) is 17.4. The third kappa shape index (κ3) is 5.38. The Morgan fingerprint density at radius 1 is 1.14 bits per heavy atom. The molecule has 2 amide bonds. The van der Waals surface area contributed by atoms with Gasteiger partial charge in [0.05, 0.1) is 12.2 Å². The highest BCUT2D eigenvalue weighted by Gasteiger charge is 2.24. The van der Waals surface area contributed by atoms with Gasteiger partial charge in [-0.1, -0.05) is 12.1 Å². The number of nitrogens with zero attached hydrogens (tertiary/aromatic N) is 4. The topological polar surface area (TPSA) is 131 Å². The van der Waals surface area contributed by atoms with Gasteiger partial charge in [-0.05, 0) is 42.3 Å². The second kappa shape index (κ2) is 11.0. The lowest BCUT2D eigenvalue weighted by Crippen LogP contribution is -2.51. The van der Waals surface area contributed by atoms with Crippen LogP contribution in [0, 0.1) is 0 Å². The number of amides is 2. The summed E-state index contributed by atoms with van der Waals surface area (Å²) in [7, 11) is 1.57. The second-order valence-electron chi connectivity index (χ2n) is 8.72. The van der Waals surface area contributed by atoms with E-state index in [1.165, 1.54) is 6.07 Å². The van der Waals surface area contributed by atoms with Gasteiger partial charge >= 0.3 is 0 Å². The number of anilines is 2. The van der Waals surface area contributed by atoms with Crippen LogP contribution in [0.15, 0.2) is 48.8 Å². The molecule has 0 radical (unpaired) electrons. The molecule has 0 spiro atoms. The highest BCUT2D eigenvalue weighted by molar-refractivity contribution is 6.00. The van der Waals surface area contributed by atoms with Gasteiger partial charge < -0.3 is 30.6 Å². The molecule has 1 saturated heterocycles. The monoisotopic (exact) mass is 490 g/mol. The van der Waals surface area contributed by atoms with E-state index in [0.717, 1.165) is 17.5 Å². The van der Waals surface area contributed by atoms with Crippen LogP contribution in [0.4, 0.5) is 11.6 Å². The number of hydrogen-bond donors (Lipinski definition) is 4. The average Bonchev–Trinajstić information content (AvgIpc) is 2.92. The predicted octanol–water partition coefficient (Wildman–Crippen LogP) is 1.98. The van der Waals surface area contributed by atoms with Gasteiger partial charge in [0.15, 0.2) is 0 Å². The number of nitrogens with one attached hydrogen (secondary N) is 2. The normalized spacial score (nSPS) is 15.5. The smallest absolute Gasteiger partial charge is 0.253 e. The summed E-state index contributed by atoms with van der Waals surface area (Å²) in [6.45, 7) is 4.08. The van der Waals surface area contributed by atoms with E-state index in [1.807, 2.05) is 19.1 Å². The number of aliphatic hydroxyl groups excluding tert-OH is 1. The summed E-state index contributed by atoms with van der Waals surface area (Å²) in [5.41, 5.74) is 3.94. The molecule has 1 aliphatic rings. The van der Waals surface area contributed by atoms with Gasteiger partial charge in [0.2, 0.25) is 12.4 Å². The van der Waals surface area contributed by atoms with Crippen molar-refractivity contribution in [1.29, 1.82) is 0 Å². The molecule has 1 atom stereocenters. The van der Waals surface area contributed by atoms with Gasteiger partial charge in [0, 0.05) is 68.5 Å². The van der Waals surface area contributed by atoms with Gasteiger partial charge in [-0.3, -0.25) is 9.59 Å². The zero-order chi connectivity index (χ0) is 25.7. The summed E-state index contributed by atoms with van der Waals surface area (Å²) in [4.78, 5) is 36.5. The Morgan fingerprint density at radius 3 is 2.58 bits per heavy atom. The minimum Gasteiger partial charge on any atom is -0.508 e. The summed E-state index contributed by atoms with van der Waals surface area (Å²) >= 11 is 0. The number of carbonyl (C=O) groups is 2. The summed E-state index contributed by atoms with van der Waals surface area (Å²) in [6, 6.07) is 10.4. The number of aromatic nitrogens is 2. The van der Waals surface area contributed by atoms with Crippen molar-refractivity contribution in [3.8, 4) is 16.9 Å². The van der Waals surface area contributed by atoms with E-state index in [-0.39, 0.29) is 30.9 Å². The van der Waals surface area contributed by atoms with Crippen molar-refractivity contribution in [3.63, 3.8) is 0 Å². The Bertz CT molecular complexity index is 1230. The van der Waals surface area contributed by atoms with Crippen LogP contribution >= 0.6 is 0 Å². The summed E-state index contributed by atoms with van der Waals surface area (Å²) in [5.74, 6) is 0.466. The molecule has 10 heteroatoms. The first kappa shape index (κ1) is 24.9. The first-order valence-electron chi connectivity index (χ1n) is 11.7. The lowest BCUT2D eigenvalue weighted by molar-refractivity contribution is -0.120. The zero-order valence-corrected chi connectivity index (χ0v) is 20.3. The predicted molar refractivity (Wildman–Crippen MR) is 137 cm³/mol. The van der Waals surface area contributed by atoms with E-state index in [2.05, 4.69) is 25.5 Å². The van der Waals surface area contributed by atoms with Crippen LogP contribution in [0.3, 0.4) is 0 Å². The largest absolute Gasteiger partial charge is 0.508 e. The Balaban J connectivity index is 1.56. The fourth-order valence-corrected chi connectivity index (χ4v) is 4.22. The molecule has 2 aromatic carbocycles. The van der Waals surface area contributed by atoms with Crippen molar-refractivity contribution in [2.45, 2.75) is 26.1 Å². The third-order valence-electron chi connectivity index (χ3n) is 6.36. The quantitative estimate of drug-likeness (QED) is 0.353. The molecule has 0 aliphatic carbocycles. The number of benzene rings is 2. The Labute approximate surface area is 209 Å². The molecule has 1 aromatic heterocycles. The third-order valence-corrected chi connectivity index (χ3v) is 6.36. The molecule has 188 valence electrons. The number of aliphatic hydroxyl groups is 1. The average molecular weight is 491 g/mol. The fourth-order valence-electron chi connectivity index (χ4n) is 4.22. The first-order valence-corrected chi connectivity index (χ1v) is 11.7. The van der Waals surface area contributed by atoms with Crippen LogP contribution < -0.4 is 15.5 Å². The molecule has 36 heavy (non-hydrogen) atoms. The lowest BCUT2D eigenvalue weighted by Gasteiger charge is -2.37. The van der Waals surface area contributed by atoms with Gasteiger partial charge in [-0.15, -0.1) is 0 Å². The van der Waals surface area contributed by atoms with Crippen LogP contribution in [0.5, 0.6) is 5.75 Å². The highest BCUT2D eigenvalue weighted by Crippen LogP contribution is 2.28. The van der Waals surface area contributed by atoms with E-state index in [1.54, 1.807) is 42.5 Å². The maximum absolute atomic E-state index is 12.5. The SMILES string of the molecule is CNC(=O)c1ccc(-c2cnc(N3CCN(C=O)[C@H](C)C3)nc2)cc1NCc1cc(CO)ccc1O. The number of rotatable bonds is 8. The summed E-state index contributed by atoms with van der Waals surface area (Å²) < 4.78 is 0. The molecule has 1 aliphatic heterocycles. The van der Waals surface area contributed by atoms with Crippen molar-refractivity contribution in [1.82, 2.24) is 20.2 Å². The molecule has 0 unspecified atom stereocenters. The Hall–Kier alpha value is -4.18. The number of phenolic OH excluding ortho intramolecular Hbond substituents is 1. The van der Waals surface area contributed by atoms with Gasteiger partial charge in [0.25, 0.3) is 5.91 Å². The Kier molecular flexibility index (Phi) is 7.65. The number of carbonyl (C=O) groups excluding carboxylic acids is 2. The summed E-state index contributed by atoms with van der Waals surface area (Å²) in [5, 5.41) is 25.5. The van der Waals surface area contributed by atoms with Crippen molar-refractivity contribution in [2.24, 2.45) is 0 Å². The molecule has 3 aromatic rings. The maximum atomic E-state index is 12.5. The number of phenols is 1. The van der Waals surface area contributed by atoms with Crippen LogP contribution in [0.2, 0.25) is 0 Å². The minimum atomic E-state index is -0.243. The standard InChI is InChI=1S/C26H30N6O4/c1-17-14-31(7-8-32(17)16-34)26-29-12-21(13-30-26)19-4-5-22(25(36)27-2)23(10-19)28-11-20-9-18(15-33)3-6-24(20)35/h3-6,9-10,12-13,16-17,28,33,35H,7-8,11,14-15H2,1-2H3,(H,27,36)/t17-/m1/s1.